The summed E-state index contributed by atoms with van der Waals surface area (Å²) in [5.74, 6) is 1.20. The van der Waals surface area contributed by atoms with E-state index in [1.807, 2.05) is 49.4 Å². The Morgan fingerprint density at radius 1 is 1.16 bits per heavy atom. The lowest BCUT2D eigenvalue weighted by Crippen LogP contribution is -2.32. The summed E-state index contributed by atoms with van der Waals surface area (Å²) in [4.78, 5) is 12.5. The van der Waals surface area contributed by atoms with Gasteiger partial charge < -0.3 is 14.8 Å². The normalized spacial score (nSPS) is 11.4. The van der Waals surface area contributed by atoms with Crippen LogP contribution >= 0.6 is 0 Å². The fourth-order valence-corrected chi connectivity index (χ4v) is 2.33. The number of rotatable bonds is 9. The molecule has 4 nitrogen and oxygen atoms in total. The number of nitrogens with one attached hydrogen (secondary N) is 1. The van der Waals surface area contributed by atoms with E-state index in [-0.39, 0.29) is 5.91 Å². The zero-order valence-electron chi connectivity index (χ0n) is 14.8. The van der Waals surface area contributed by atoms with Crippen LogP contribution in [0.2, 0.25) is 0 Å². The van der Waals surface area contributed by atoms with Crippen LogP contribution < -0.4 is 14.8 Å². The molecule has 2 rings (SSSR count). The van der Waals surface area contributed by atoms with Gasteiger partial charge in [0.2, 0.25) is 0 Å². The van der Waals surface area contributed by atoms with Crippen molar-refractivity contribution in [1.82, 2.24) is 0 Å². The second kappa shape index (κ2) is 9.52. The summed E-state index contributed by atoms with van der Waals surface area (Å²) in [5.41, 5.74) is 1.91. The highest BCUT2D eigenvalue weighted by Crippen LogP contribution is 2.19. The molecule has 0 radical (unpaired) electrons. The van der Waals surface area contributed by atoms with Crippen LogP contribution in [0.5, 0.6) is 11.5 Å². The van der Waals surface area contributed by atoms with Crippen molar-refractivity contribution < 1.29 is 14.3 Å². The van der Waals surface area contributed by atoms with Gasteiger partial charge in [-0.25, -0.2) is 0 Å². The highest BCUT2D eigenvalue weighted by atomic mass is 16.5. The van der Waals surface area contributed by atoms with Gasteiger partial charge in [0, 0.05) is 11.8 Å². The van der Waals surface area contributed by atoms with Crippen LogP contribution in [0.15, 0.2) is 61.2 Å². The lowest BCUT2D eigenvalue weighted by molar-refractivity contribution is -0.122. The molecule has 0 unspecified atom stereocenters. The van der Waals surface area contributed by atoms with E-state index >= 15 is 0 Å². The van der Waals surface area contributed by atoms with Crippen molar-refractivity contribution in [3.05, 3.63) is 66.7 Å². The maximum Gasteiger partial charge on any atom is 0.265 e. The highest BCUT2D eigenvalue weighted by molar-refractivity contribution is 5.94. The smallest absolute Gasteiger partial charge is 0.265 e. The molecule has 0 saturated carbocycles. The molecule has 0 bridgehead atoms. The molecule has 1 amide bonds. The van der Waals surface area contributed by atoms with E-state index in [0.29, 0.717) is 30.2 Å². The van der Waals surface area contributed by atoms with E-state index in [9.17, 15) is 4.79 Å². The summed E-state index contributed by atoms with van der Waals surface area (Å²) < 4.78 is 11.3. The average Bonchev–Trinajstić information content (AvgIpc) is 2.65. The standard InChI is InChI=1S/C21H25NO3/c1-4-14-24-19-9-7-8-17(15-19)22-21(23)20(6-3)25-18-12-10-16(5-2)11-13-18/h4,7-13,15,20H,1,5-6,14H2,2-3H3,(H,22,23)/t20-/m1/s1. The fraction of sp³-hybridized carbons (Fsp3) is 0.286. The molecule has 0 aliphatic heterocycles. The summed E-state index contributed by atoms with van der Waals surface area (Å²) in [6.07, 6.45) is 2.68. The van der Waals surface area contributed by atoms with Crippen LogP contribution in [0.3, 0.4) is 0 Å². The van der Waals surface area contributed by atoms with Crippen LogP contribution in [-0.4, -0.2) is 18.6 Å². The van der Waals surface area contributed by atoms with Crippen molar-refractivity contribution in [2.75, 3.05) is 11.9 Å². The molecule has 0 fully saturated rings. The summed E-state index contributed by atoms with van der Waals surface area (Å²) in [7, 11) is 0. The third-order valence-corrected chi connectivity index (χ3v) is 3.74. The van der Waals surface area contributed by atoms with Gasteiger partial charge in [-0.3, -0.25) is 4.79 Å². The molecule has 0 heterocycles. The molecular weight excluding hydrogens is 314 g/mol. The summed E-state index contributed by atoms with van der Waals surface area (Å²) in [5, 5.41) is 2.88. The summed E-state index contributed by atoms with van der Waals surface area (Å²) in [6, 6.07) is 15.1. The van der Waals surface area contributed by atoms with E-state index in [4.69, 9.17) is 9.47 Å². The first-order valence-electron chi connectivity index (χ1n) is 8.56. The van der Waals surface area contributed by atoms with E-state index < -0.39 is 6.10 Å². The van der Waals surface area contributed by atoms with Gasteiger partial charge >= 0.3 is 0 Å². The van der Waals surface area contributed by atoms with E-state index in [1.54, 1.807) is 12.1 Å². The quantitative estimate of drug-likeness (QED) is 0.679. The third-order valence-electron chi connectivity index (χ3n) is 3.74. The molecule has 0 aliphatic rings. The minimum absolute atomic E-state index is 0.178. The molecule has 0 aliphatic carbocycles. The Labute approximate surface area is 149 Å². The van der Waals surface area contributed by atoms with Gasteiger partial charge in [-0.2, -0.15) is 0 Å². The topological polar surface area (TPSA) is 47.6 Å². The van der Waals surface area contributed by atoms with Crippen molar-refractivity contribution in [1.29, 1.82) is 0 Å². The molecule has 0 spiro atoms. The van der Waals surface area contributed by atoms with Crippen molar-refractivity contribution in [3.8, 4) is 11.5 Å². The number of ether oxygens (including phenoxy) is 2. The number of benzene rings is 2. The van der Waals surface area contributed by atoms with Crippen LogP contribution in [0.25, 0.3) is 0 Å². The Hall–Kier alpha value is -2.75. The van der Waals surface area contributed by atoms with Gasteiger partial charge in [0.1, 0.15) is 18.1 Å². The first-order chi connectivity index (χ1) is 12.2. The maximum absolute atomic E-state index is 12.5. The summed E-state index contributed by atoms with van der Waals surface area (Å²) >= 11 is 0. The highest BCUT2D eigenvalue weighted by Gasteiger charge is 2.18. The van der Waals surface area contributed by atoms with Gasteiger partial charge in [0.05, 0.1) is 0 Å². The molecular formula is C21H25NO3. The number of hydrogen-bond donors (Lipinski definition) is 1. The van der Waals surface area contributed by atoms with Crippen molar-refractivity contribution >= 4 is 11.6 Å². The Bertz CT molecular complexity index is 695. The minimum atomic E-state index is -0.551. The van der Waals surface area contributed by atoms with Gasteiger partial charge in [-0.15, -0.1) is 0 Å². The molecule has 25 heavy (non-hydrogen) atoms. The van der Waals surface area contributed by atoms with Gasteiger partial charge in [0.15, 0.2) is 6.10 Å². The van der Waals surface area contributed by atoms with Gasteiger partial charge in [0.25, 0.3) is 5.91 Å². The number of amides is 1. The first kappa shape index (κ1) is 18.6. The lowest BCUT2D eigenvalue weighted by atomic mass is 10.1. The first-order valence-corrected chi connectivity index (χ1v) is 8.56. The maximum atomic E-state index is 12.5. The van der Waals surface area contributed by atoms with Crippen LogP contribution in [0.4, 0.5) is 5.69 Å². The zero-order chi connectivity index (χ0) is 18.1. The zero-order valence-corrected chi connectivity index (χ0v) is 14.8. The predicted octanol–water partition coefficient (Wildman–Crippen LogP) is 4.61. The number of carbonyl (C=O) groups is 1. The van der Waals surface area contributed by atoms with Crippen LogP contribution in [0.1, 0.15) is 25.8 Å². The average molecular weight is 339 g/mol. The lowest BCUT2D eigenvalue weighted by Gasteiger charge is -2.18. The Morgan fingerprint density at radius 3 is 2.56 bits per heavy atom. The Morgan fingerprint density at radius 2 is 1.92 bits per heavy atom. The Kier molecular flexibility index (Phi) is 7.08. The van der Waals surface area contributed by atoms with Gasteiger partial charge in [-0.05, 0) is 42.7 Å². The number of carbonyl (C=O) groups excluding carboxylic acids is 1. The van der Waals surface area contributed by atoms with Crippen molar-refractivity contribution in [2.24, 2.45) is 0 Å². The largest absolute Gasteiger partial charge is 0.489 e. The van der Waals surface area contributed by atoms with Gasteiger partial charge in [-0.1, -0.05) is 44.7 Å². The molecule has 1 atom stereocenters. The van der Waals surface area contributed by atoms with E-state index in [1.165, 1.54) is 5.56 Å². The Balaban J connectivity index is 2.00. The van der Waals surface area contributed by atoms with Crippen molar-refractivity contribution in [3.63, 3.8) is 0 Å². The van der Waals surface area contributed by atoms with E-state index in [0.717, 1.165) is 6.42 Å². The minimum Gasteiger partial charge on any atom is -0.489 e. The SMILES string of the molecule is C=CCOc1cccc(NC(=O)[C@@H](CC)Oc2ccc(CC)cc2)c1. The van der Waals surface area contributed by atoms with Crippen molar-refractivity contribution in [2.45, 2.75) is 32.8 Å². The van der Waals surface area contributed by atoms with E-state index in [2.05, 4.69) is 18.8 Å². The molecule has 2 aromatic rings. The molecule has 1 N–H and O–H groups in total. The monoisotopic (exact) mass is 339 g/mol. The molecule has 4 heteroatoms. The number of hydrogen-bond acceptors (Lipinski definition) is 3. The second-order valence-electron chi connectivity index (χ2n) is 5.63. The third kappa shape index (κ3) is 5.68. The van der Waals surface area contributed by atoms with Crippen LogP contribution in [0, 0.1) is 0 Å². The predicted molar refractivity (Wildman–Crippen MR) is 101 cm³/mol. The molecule has 0 aromatic heterocycles. The number of aryl methyl sites for hydroxylation is 1. The van der Waals surface area contributed by atoms with Crippen LogP contribution in [-0.2, 0) is 11.2 Å². The molecule has 132 valence electrons. The fourth-order valence-electron chi connectivity index (χ4n) is 2.33. The number of anilines is 1. The molecule has 0 saturated heterocycles. The summed E-state index contributed by atoms with van der Waals surface area (Å²) in [6.45, 7) is 8.07. The molecule has 2 aromatic carbocycles. The second-order valence-corrected chi connectivity index (χ2v) is 5.63.